The Kier molecular flexibility index (Phi) is 2.10. The molecule has 14 heavy (non-hydrogen) atoms. The second-order valence-corrected chi connectivity index (χ2v) is 2.78. The van der Waals surface area contributed by atoms with Gasteiger partial charge in [0.05, 0.1) is 18.0 Å². The van der Waals surface area contributed by atoms with Crippen LogP contribution >= 0.6 is 0 Å². The molecule has 4 heteroatoms. The maximum atomic E-state index is 10.6. The standard InChI is InChI=1S/C10H8N2O2/c1-14-10-8-4-7(5-13)2-3-9(8)11-6-12-10/h2-6H,1H3. The lowest BCUT2D eigenvalue weighted by atomic mass is 10.1. The molecule has 0 N–H and O–H groups in total. The maximum absolute atomic E-state index is 10.6. The number of carbonyl (C=O) groups is 1. The highest BCUT2D eigenvalue weighted by atomic mass is 16.5. The minimum atomic E-state index is 0.485. The number of fused-ring (bicyclic) bond motifs is 1. The molecule has 4 nitrogen and oxygen atoms in total. The van der Waals surface area contributed by atoms with Gasteiger partial charge in [0, 0.05) is 5.56 Å². The molecule has 0 amide bonds. The number of hydrogen-bond acceptors (Lipinski definition) is 4. The van der Waals surface area contributed by atoms with Crippen molar-refractivity contribution in [2.45, 2.75) is 0 Å². The van der Waals surface area contributed by atoms with Gasteiger partial charge in [-0.3, -0.25) is 4.79 Å². The zero-order valence-corrected chi connectivity index (χ0v) is 7.60. The number of hydrogen-bond donors (Lipinski definition) is 0. The number of aldehydes is 1. The van der Waals surface area contributed by atoms with Crippen LogP contribution in [0.3, 0.4) is 0 Å². The molecule has 0 aliphatic carbocycles. The Morgan fingerprint density at radius 3 is 2.93 bits per heavy atom. The minimum Gasteiger partial charge on any atom is -0.480 e. The molecule has 2 rings (SSSR count). The van der Waals surface area contributed by atoms with Crippen molar-refractivity contribution in [1.82, 2.24) is 9.97 Å². The van der Waals surface area contributed by atoms with Crippen molar-refractivity contribution in [2.24, 2.45) is 0 Å². The molecule has 0 aliphatic rings. The molecule has 0 saturated heterocycles. The van der Waals surface area contributed by atoms with E-state index >= 15 is 0 Å². The first-order valence-electron chi connectivity index (χ1n) is 4.09. The largest absolute Gasteiger partial charge is 0.480 e. The van der Waals surface area contributed by atoms with Gasteiger partial charge in [0.15, 0.2) is 0 Å². The van der Waals surface area contributed by atoms with Crippen LogP contribution in [0.25, 0.3) is 10.9 Å². The molecule has 0 unspecified atom stereocenters. The highest BCUT2D eigenvalue weighted by molar-refractivity contribution is 5.89. The van der Waals surface area contributed by atoms with Gasteiger partial charge in [0.2, 0.25) is 5.88 Å². The molecule has 1 heterocycles. The number of benzene rings is 1. The fourth-order valence-electron chi connectivity index (χ4n) is 1.29. The van der Waals surface area contributed by atoms with Crippen molar-refractivity contribution in [3.63, 3.8) is 0 Å². The van der Waals surface area contributed by atoms with Crippen LogP contribution in [-0.2, 0) is 0 Å². The third-order valence-corrected chi connectivity index (χ3v) is 1.95. The number of methoxy groups -OCH3 is 1. The second-order valence-electron chi connectivity index (χ2n) is 2.78. The lowest BCUT2D eigenvalue weighted by Crippen LogP contribution is -1.91. The Balaban J connectivity index is 2.76. The molecule has 0 bridgehead atoms. The normalized spacial score (nSPS) is 10.1. The van der Waals surface area contributed by atoms with Crippen LogP contribution < -0.4 is 4.74 Å². The molecule has 2 aromatic rings. The molecule has 0 radical (unpaired) electrons. The van der Waals surface area contributed by atoms with Gasteiger partial charge in [-0.15, -0.1) is 0 Å². The lowest BCUT2D eigenvalue weighted by molar-refractivity contribution is 0.112. The van der Waals surface area contributed by atoms with E-state index in [4.69, 9.17) is 4.74 Å². The van der Waals surface area contributed by atoms with Crippen molar-refractivity contribution in [1.29, 1.82) is 0 Å². The van der Waals surface area contributed by atoms with Gasteiger partial charge in [0.25, 0.3) is 0 Å². The predicted octanol–water partition coefficient (Wildman–Crippen LogP) is 1.45. The average molecular weight is 188 g/mol. The van der Waals surface area contributed by atoms with E-state index in [-0.39, 0.29) is 0 Å². The number of ether oxygens (including phenoxy) is 1. The summed E-state index contributed by atoms with van der Waals surface area (Å²) in [6, 6.07) is 5.19. The first kappa shape index (κ1) is 8.62. The average Bonchev–Trinajstić information content (AvgIpc) is 2.27. The summed E-state index contributed by atoms with van der Waals surface area (Å²) < 4.78 is 5.06. The third kappa shape index (κ3) is 1.31. The maximum Gasteiger partial charge on any atom is 0.224 e. The predicted molar refractivity (Wildman–Crippen MR) is 51.5 cm³/mol. The van der Waals surface area contributed by atoms with E-state index in [2.05, 4.69) is 9.97 Å². The van der Waals surface area contributed by atoms with E-state index in [9.17, 15) is 4.79 Å². The summed E-state index contributed by atoms with van der Waals surface area (Å²) in [5.41, 5.74) is 1.35. The van der Waals surface area contributed by atoms with Crippen LogP contribution in [0.4, 0.5) is 0 Å². The van der Waals surface area contributed by atoms with Crippen molar-refractivity contribution in [2.75, 3.05) is 7.11 Å². The second kappa shape index (κ2) is 3.41. The van der Waals surface area contributed by atoms with Crippen LogP contribution in [0.2, 0.25) is 0 Å². The lowest BCUT2D eigenvalue weighted by Gasteiger charge is -2.02. The molecular formula is C10H8N2O2. The van der Waals surface area contributed by atoms with Crippen LogP contribution in [0.15, 0.2) is 24.5 Å². The van der Waals surface area contributed by atoms with E-state index in [1.54, 1.807) is 18.2 Å². The van der Waals surface area contributed by atoms with E-state index in [0.717, 1.165) is 17.2 Å². The van der Waals surface area contributed by atoms with Crippen molar-refractivity contribution in [3.8, 4) is 5.88 Å². The Morgan fingerprint density at radius 1 is 1.36 bits per heavy atom. The monoisotopic (exact) mass is 188 g/mol. The van der Waals surface area contributed by atoms with Crippen LogP contribution in [0.5, 0.6) is 5.88 Å². The van der Waals surface area contributed by atoms with Crippen LogP contribution in [0.1, 0.15) is 10.4 Å². The van der Waals surface area contributed by atoms with Crippen molar-refractivity contribution >= 4 is 17.2 Å². The quantitative estimate of drug-likeness (QED) is 0.669. The summed E-state index contributed by atoms with van der Waals surface area (Å²) in [7, 11) is 1.54. The first-order valence-corrected chi connectivity index (χ1v) is 4.09. The number of nitrogens with zero attached hydrogens (tertiary/aromatic N) is 2. The Morgan fingerprint density at radius 2 is 2.21 bits per heavy atom. The summed E-state index contributed by atoms with van der Waals surface area (Å²) >= 11 is 0. The van der Waals surface area contributed by atoms with Crippen LogP contribution in [-0.4, -0.2) is 23.4 Å². The van der Waals surface area contributed by atoms with E-state index in [1.165, 1.54) is 13.4 Å². The highest BCUT2D eigenvalue weighted by Gasteiger charge is 2.03. The Hall–Kier alpha value is -1.97. The van der Waals surface area contributed by atoms with Gasteiger partial charge in [-0.1, -0.05) is 0 Å². The van der Waals surface area contributed by atoms with Gasteiger partial charge in [0.1, 0.15) is 12.6 Å². The summed E-state index contributed by atoms with van der Waals surface area (Å²) in [4.78, 5) is 18.6. The Labute approximate surface area is 80.6 Å². The van der Waals surface area contributed by atoms with Gasteiger partial charge < -0.3 is 4.74 Å². The number of aromatic nitrogens is 2. The molecule has 1 aromatic heterocycles. The summed E-state index contributed by atoms with van der Waals surface area (Å²) in [5, 5.41) is 0.750. The fraction of sp³-hybridized carbons (Fsp3) is 0.100. The first-order chi connectivity index (χ1) is 6.85. The van der Waals surface area contributed by atoms with E-state index < -0.39 is 0 Å². The van der Waals surface area contributed by atoms with Gasteiger partial charge in [-0.2, -0.15) is 0 Å². The zero-order chi connectivity index (χ0) is 9.97. The summed E-state index contributed by atoms with van der Waals surface area (Å²) in [5.74, 6) is 0.485. The minimum absolute atomic E-state index is 0.485. The van der Waals surface area contributed by atoms with Gasteiger partial charge in [-0.05, 0) is 18.2 Å². The Bertz CT molecular complexity index is 483. The summed E-state index contributed by atoms with van der Waals surface area (Å²) in [6.45, 7) is 0. The van der Waals surface area contributed by atoms with Crippen molar-refractivity contribution in [3.05, 3.63) is 30.1 Å². The molecule has 0 spiro atoms. The molecule has 0 atom stereocenters. The van der Waals surface area contributed by atoms with E-state index in [1.807, 2.05) is 0 Å². The molecule has 0 aliphatic heterocycles. The molecular weight excluding hydrogens is 180 g/mol. The van der Waals surface area contributed by atoms with Gasteiger partial charge >= 0.3 is 0 Å². The molecule has 70 valence electrons. The smallest absolute Gasteiger partial charge is 0.224 e. The van der Waals surface area contributed by atoms with Crippen LogP contribution in [0, 0.1) is 0 Å². The number of carbonyl (C=O) groups excluding carboxylic acids is 1. The van der Waals surface area contributed by atoms with E-state index in [0.29, 0.717) is 11.4 Å². The zero-order valence-electron chi connectivity index (χ0n) is 7.60. The van der Waals surface area contributed by atoms with Crippen molar-refractivity contribution < 1.29 is 9.53 Å². The summed E-state index contributed by atoms with van der Waals surface area (Å²) in [6.07, 6.45) is 2.22. The fourth-order valence-corrected chi connectivity index (χ4v) is 1.29. The molecule has 0 fully saturated rings. The SMILES string of the molecule is COc1ncnc2ccc(C=O)cc12. The molecule has 1 aromatic carbocycles. The van der Waals surface area contributed by atoms with Gasteiger partial charge in [-0.25, -0.2) is 9.97 Å². The third-order valence-electron chi connectivity index (χ3n) is 1.95. The topological polar surface area (TPSA) is 52.1 Å². The highest BCUT2D eigenvalue weighted by Crippen LogP contribution is 2.21. The number of rotatable bonds is 2. The molecule has 0 saturated carbocycles.